The van der Waals surface area contributed by atoms with E-state index in [-0.39, 0.29) is 19.2 Å². The zero-order chi connectivity index (χ0) is 28.0. The van der Waals surface area contributed by atoms with Crippen molar-refractivity contribution in [3.05, 3.63) is 65.2 Å². The van der Waals surface area contributed by atoms with E-state index in [1.54, 1.807) is 30.3 Å². The highest BCUT2D eigenvalue weighted by Crippen LogP contribution is 2.27. The van der Waals surface area contributed by atoms with Crippen molar-refractivity contribution in [2.75, 3.05) is 26.2 Å². The standard InChI is InChI=1S/C25H22F4N2O7/c26-17-8-18(27)24(29)25(23(17)28)38-13-19(33)15(7-22(36)37)6-16(32)10-31-12-20(34)30(11-21(31)35)9-14-4-2-1-3-5-14/h1-5,8,15H,6-7,9-13H2,(H,36,37)/t15-/m0/s1. The van der Waals surface area contributed by atoms with Crippen LogP contribution in [0, 0.1) is 29.2 Å². The first kappa shape index (κ1) is 28.3. The number of piperazine rings is 1. The lowest BCUT2D eigenvalue weighted by Gasteiger charge is -2.33. The van der Waals surface area contributed by atoms with Gasteiger partial charge in [0.2, 0.25) is 23.4 Å². The minimum Gasteiger partial charge on any atom is -0.481 e. The van der Waals surface area contributed by atoms with Gasteiger partial charge in [-0.3, -0.25) is 24.0 Å². The van der Waals surface area contributed by atoms with Gasteiger partial charge in [-0.15, -0.1) is 0 Å². The number of carbonyl (C=O) groups excluding carboxylic acids is 4. The van der Waals surface area contributed by atoms with Gasteiger partial charge < -0.3 is 19.6 Å². The third-order valence-corrected chi connectivity index (χ3v) is 5.72. The van der Waals surface area contributed by atoms with Crippen LogP contribution in [0.1, 0.15) is 18.4 Å². The van der Waals surface area contributed by atoms with Crippen molar-refractivity contribution in [3.63, 3.8) is 0 Å². The molecule has 1 aliphatic heterocycles. The highest BCUT2D eigenvalue weighted by molar-refractivity contribution is 5.97. The number of benzene rings is 2. The molecule has 0 aliphatic carbocycles. The third kappa shape index (κ3) is 7.14. The summed E-state index contributed by atoms with van der Waals surface area (Å²) in [5.74, 6) is -14.6. The Morgan fingerprint density at radius 2 is 1.47 bits per heavy atom. The Balaban J connectivity index is 1.60. The number of hydrogen-bond donors (Lipinski definition) is 1. The smallest absolute Gasteiger partial charge is 0.304 e. The van der Waals surface area contributed by atoms with E-state index in [9.17, 15) is 41.5 Å². The molecule has 1 saturated heterocycles. The fourth-order valence-corrected chi connectivity index (χ4v) is 3.80. The molecule has 0 spiro atoms. The zero-order valence-electron chi connectivity index (χ0n) is 19.8. The Bertz CT molecular complexity index is 1230. The number of carbonyl (C=O) groups is 5. The highest BCUT2D eigenvalue weighted by atomic mass is 19.2. The van der Waals surface area contributed by atoms with Crippen LogP contribution in [0.3, 0.4) is 0 Å². The summed E-state index contributed by atoms with van der Waals surface area (Å²) in [5, 5.41) is 9.10. The van der Waals surface area contributed by atoms with E-state index < -0.39 is 96.8 Å². The predicted molar refractivity (Wildman–Crippen MR) is 121 cm³/mol. The van der Waals surface area contributed by atoms with Crippen molar-refractivity contribution in [1.29, 1.82) is 0 Å². The van der Waals surface area contributed by atoms with Gasteiger partial charge in [-0.2, -0.15) is 8.78 Å². The first-order chi connectivity index (χ1) is 18.0. The average Bonchev–Trinajstić information content (AvgIpc) is 2.85. The van der Waals surface area contributed by atoms with Crippen molar-refractivity contribution in [2.24, 2.45) is 5.92 Å². The molecule has 0 saturated carbocycles. The molecule has 1 fully saturated rings. The summed E-state index contributed by atoms with van der Waals surface area (Å²) in [6, 6.07) is 8.86. The molecule has 13 heteroatoms. The summed E-state index contributed by atoms with van der Waals surface area (Å²) in [7, 11) is 0. The molecule has 3 rings (SSSR count). The van der Waals surface area contributed by atoms with Gasteiger partial charge in [0.1, 0.15) is 19.7 Å². The van der Waals surface area contributed by atoms with Gasteiger partial charge in [0.15, 0.2) is 29.0 Å². The van der Waals surface area contributed by atoms with Gasteiger partial charge in [0.05, 0.1) is 13.0 Å². The van der Waals surface area contributed by atoms with Crippen LogP contribution < -0.4 is 4.74 Å². The maximum atomic E-state index is 13.8. The number of hydrogen-bond acceptors (Lipinski definition) is 6. The normalized spacial score (nSPS) is 14.4. The molecule has 1 aliphatic rings. The average molecular weight is 538 g/mol. The number of carboxylic acid groups (broad SMARTS) is 1. The maximum Gasteiger partial charge on any atom is 0.304 e. The topological polar surface area (TPSA) is 121 Å². The summed E-state index contributed by atoms with van der Waals surface area (Å²) < 4.78 is 58.8. The SMILES string of the molecule is O=C(O)C[C@H](CC(=O)CN1CC(=O)N(Cc2ccccc2)CC1=O)C(=O)COc1c(F)c(F)cc(F)c1F. The van der Waals surface area contributed by atoms with Crippen LogP contribution in [0.5, 0.6) is 5.75 Å². The molecule has 202 valence electrons. The van der Waals surface area contributed by atoms with E-state index in [0.29, 0.717) is 0 Å². The van der Waals surface area contributed by atoms with Crippen LogP contribution in [0.25, 0.3) is 0 Å². The van der Waals surface area contributed by atoms with E-state index >= 15 is 0 Å². The number of Topliss-reactive ketones (excluding diaryl/α,β-unsaturated/α-hetero) is 2. The second-order valence-electron chi connectivity index (χ2n) is 8.58. The molecular weight excluding hydrogens is 516 g/mol. The number of aliphatic carboxylic acids is 1. The van der Waals surface area contributed by atoms with Gasteiger partial charge in [-0.05, 0) is 5.56 Å². The molecule has 1 heterocycles. The molecule has 2 aromatic rings. The van der Waals surface area contributed by atoms with Crippen LogP contribution >= 0.6 is 0 Å². The van der Waals surface area contributed by atoms with Gasteiger partial charge in [0.25, 0.3) is 0 Å². The Hall–Kier alpha value is -4.29. The van der Waals surface area contributed by atoms with Crippen molar-refractivity contribution in [3.8, 4) is 5.75 Å². The number of nitrogens with zero attached hydrogens (tertiary/aromatic N) is 2. The lowest BCUT2D eigenvalue weighted by atomic mass is 9.94. The molecule has 1 N–H and O–H groups in total. The maximum absolute atomic E-state index is 13.8. The zero-order valence-corrected chi connectivity index (χ0v) is 19.8. The van der Waals surface area contributed by atoms with Crippen LogP contribution in [0.15, 0.2) is 36.4 Å². The first-order valence-electron chi connectivity index (χ1n) is 11.3. The van der Waals surface area contributed by atoms with Crippen LogP contribution in [0.4, 0.5) is 17.6 Å². The van der Waals surface area contributed by atoms with Crippen molar-refractivity contribution in [2.45, 2.75) is 19.4 Å². The molecule has 0 aromatic heterocycles. The Labute approximate surface area is 213 Å². The second-order valence-corrected chi connectivity index (χ2v) is 8.58. The van der Waals surface area contributed by atoms with Crippen molar-refractivity contribution < 1.29 is 51.4 Å². The summed E-state index contributed by atoms with van der Waals surface area (Å²) >= 11 is 0. The summed E-state index contributed by atoms with van der Waals surface area (Å²) in [5.41, 5.74) is 0.802. The number of ether oxygens (including phenoxy) is 1. The number of halogens is 4. The van der Waals surface area contributed by atoms with E-state index in [1.165, 1.54) is 4.90 Å². The third-order valence-electron chi connectivity index (χ3n) is 5.72. The minimum atomic E-state index is -1.89. The number of carboxylic acids is 1. The fraction of sp³-hybridized carbons (Fsp3) is 0.320. The molecular formula is C25H22F4N2O7. The molecule has 38 heavy (non-hydrogen) atoms. The largest absolute Gasteiger partial charge is 0.481 e. The lowest BCUT2D eigenvalue weighted by Crippen LogP contribution is -2.54. The Kier molecular flexibility index (Phi) is 9.16. The molecule has 2 amide bonds. The second kappa shape index (κ2) is 12.3. The summed E-state index contributed by atoms with van der Waals surface area (Å²) in [4.78, 5) is 63.6. The van der Waals surface area contributed by atoms with Crippen LogP contribution in [-0.4, -0.2) is 70.5 Å². The van der Waals surface area contributed by atoms with Gasteiger partial charge in [-0.25, -0.2) is 8.78 Å². The molecule has 0 unspecified atom stereocenters. The monoisotopic (exact) mass is 538 g/mol. The fourth-order valence-electron chi connectivity index (χ4n) is 3.80. The number of rotatable bonds is 12. The summed E-state index contributed by atoms with van der Waals surface area (Å²) in [6.07, 6.45) is -1.56. The van der Waals surface area contributed by atoms with Gasteiger partial charge in [-0.1, -0.05) is 30.3 Å². The van der Waals surface area contributed by atoms with Gasteiger partial charge in [0, 0.05) is 24.9 Å². The first-order valence-corrected chi connectivity index (χ1v) is 11.3. The van der Waals surface area contributed by atoms with E-state index in [1.807, 2.05) is 0 Å². The van der Waals surface area contributed by atoms with E-state index in [2.05, 4.69) is 4.74 Å². The molecule has 0 bridgehead atoms. The number of ketones is 2. The molecule has 2 aromatic carbocycles. The lowest BCUT2D eigenvalue weighted by molar-refractivity contribution is -0.152. The van der Waals surface area contributed by atoms with E-state index in [4.69, 9.17) is 5.11 Å². The van der Waals surface area contributed by atoms with Crippen molar-refractivity contribution >= 4 is 29.4 Å². The van der Waals surface area contributed by atoms with Gasteiger partial charge >= 0.3 is 5.97 Å². The van der Waals surface area contributed by atoms with E-state index in [0.717, 1.165) is 10.5 Å². The predicted octanol–water partition coefficient (Wildman–Crippen LogP) is 2.11. The Morgan fingerprint density at radius 3 is 2.08 bits per heavy atom. The van der Waals surface area contributed by atoms with Crippen LogP contribution in [-0.2, 0) is 30.5 Å². The van der Waals surface area contributed by atoms with Crippen LogP contribution in [0.2, 0.25) is 0 Å². The molecule has 0 radical (unpaired) electrons. The number of amides is 2. The molecule has 9 nitrogen and oxygen atoms in total. The van der Waals surface area contributed by atoms with Crippen molar-refractivity contribution in [1.82, 2.24) is 9.80 Å². The minimum absolute atomic E-state index is 0.0568. The summed E-state index contributed by atoms with van der Waals surface area (Å²) in [6.45, 7) is -2.25. The molecule has 1 atom stereocenters. The quantitative estimate of drug-likeness (QED) is 0.325. The highest BCUT2D eigenvalue weighted by Gasteiger charge is 2.33. The Morgan fingerprint density at radius 1 is 0.895 bits per heavy atom.